The quantitative estimate of drug-likeness (QED) is 0.629. The minimum absolute atomic E-state index is 0.420. The van der Waals surface area contributed by atoms with Crippen molar-refractivity contribution in [2.75, 3.05) is 0 Å². The van der Waals surface area contributed by atoms with Gasteiger partial charge in [0.1, 0.15) is 0 Å². The number of nitrogens with one attached hydrogen (secondary N) is 1. The second kappa shape index (κ2) is 4.67. The molecule has 0 radical (unpaired) electrons. The largest absolute Gasteiger partial charge is 0.303 e. The van der Waals surface area contributed by atoms with Crippen LogP contribution in [0, 0.1) is 12.3 Å². The molecule has 86 valence electrons. The molecule has 0 spiro atoms. The molecule has 17 heavy (non-hydrogen) atoms. The lowest BCUT2D eigenvalue weighted by Gasteiger charge is -2.09. The second-order valence-electron chi connectivity index (χ2n) is 3.89. The van der Waals surface area contributed by atoms with Crippen LogP contribution in [-0.4, -0.2) is 15.7 Å². The first-order chi connectivity index (χ1) is 8.09. The van der Waals surface area contributed by atoms with Gasteiger partial charge in [-0.2, -0.15) is 0 Å². The zero-order valence-electron chi connectivity index (χ0n) is 9.73. The van der Waals surface area contributed by atoms with E-state index in [1.807, 2.05) is 25.1 Å². The van der Waals surface area contributed by atoms with Crippen LogP contribution in [0.1, 0.15) is 18.2 Å². The Bertz CT molecular complexity index is 564. The van der Waals surface area contributed by atoms with Gasteiger partial charge in [-0.1, -0.05) is 0 Å². The van der Waals surface area contributed by atoms with Gasteiger partial charge < -0.3 is 5.41 Å². The Hall–Kier alpha value is -1.68. The third-order valence-corrected chi connectivity index (χ3v) is 3.06. The number of hydrogen-bond donors (Lipinski definition) is 2. The summed E-state index contributed by atoms with van der Waals surface area (Å²) in [7, 11) is 0. The van der Waals surface area contributed by atoms with Crippen molar-refractivity contribution in [1.82, 2.24) is 9.97 Å². The third kappa shape index (κ3) is 2.36. The fraction of sp³-hybridized carbons (Fsp3) is 0.154. The predicted octanol–water partition coefficient (Wildman–Crippen LogP) is 3.13. The fourth-order valence-electron chi connectivity index (χ4n) is 1.59. The fourth-order valence-corrected chi connectivity index (χ4v) is 1.87. The van der Waals surface area contributed by atoms with Gasteiger partial charge in [0.15, 0.2) is 0 Å². The Balaban J connectivity index is 2.61. The van der Waals surface area contributed by atoms with Crippen LogP contribution in [0.5, 0.6) is 0 Å². The van der Waals surface area contributed by atoms with Gasteiger partial charge in [0.25, 0.3) is 0 Å². The van der Waals surface area contributed by atoms with Crippen LogP contribution >= 0.6 is 12.6 Å². The molecule has 4 heteroatoms. The number of rotatable bonds is 2. The number of pyridine rings is 2. The maximum absolute atomic E-state index is 7.71. The predicted molar refractivity (Wildman–Crippen MR) is 72.0 cm³/mol. The van der Waals surface area contributed by atoms with Crippen molar-refractivity contribution in [1.29, 1.82) is 5.41 Å². The highest BCUT2D eigenvalue weighted by molar-refractivity contribution is 7.80. The van der Waals surface area contributed by atoms with Crippen LogP contribution in [-0.2, 0) is 0 Å². The Morgan fingerprint density at radius 3 is 2.76 bits per heavy atom. The lowest BCUT2D eigenvalue weighted by molar-refractivity contribution is 1.14. The molecular formula is C13H13N3S. The van der Waals surface area contributed by atoms with Crippen molar-refractivity contribution in [2.24, 2.45) is 0 Å². The third-order valence-electron chi connectivity index (χ3n) is 2.50. The van der Waals surface area contributed by atoms with E-state index in [9.17, 15) is 0 Å². The number of thiol groups is 1. The minimum Gasteiger partial charge on any atom is -0.303 e. The Labute approximate surface area is 106 Å². The van der Waals surface area contributed by atoms with Crippen molar-refractivity contribution in [3.8, 4) is 11.3 Å². The lowest BCUT2D eigenvalue weighted by Crippen LogP contribution is -2.02. The summed E-state index contributed by atoms with van der Waals surface area (Å²) in [5.41, 5.74) is 3.85. The second-order valence-corrected chi connectivity index (χ2v) is 4.34. The van der Waals surface area contributed by atoms with Crippen LogP contribution in [0.4, 0.5) is 0 Å². The lowest BCUT2D eigenvalue weighted by atomic mass is 10.1. The zero-order chi connectivity index (χ0) is 12.4. The molecule has 0 saturated heterocycles. The van der Waals surface area contributed by atoms with E-state index < -0.39 is 0 Å². The van der Waals surface area contributed by atoms with Crippen LogP contribution in [0.2, 0.25) is 0 Å². The number of aryl methyl sites for hydroxylation is 1. The first-order valence-corrected chi connectivity index (χ1v) is 5.71. The molecule has 2 heterocycles. The van der Waals surface area contributed by atoms with E-state index in [1.54, 1.807) is 19.3 Å². The SMILES string of the molecule is CC(=N)c1nc(-c2cccnc2)cc(C)c1S. The Morgan fingerprint density at radius 2 is 2.18 bits per heavy atom. The van der Waals surface area contributed by atoms with Crippen LogP contribution in [0.3, 0.4) is 0 Å². The molecular weight excluding hydrogens is 230 g/mol. The molecule has 1 N–H and O–H groups in total. The van der Waals surface area contributed by atoms with Gasteiger partial charge in [0.05, 0.1) is 17.1 Å². The topological polar surface area (TPSA) is 49.6 Å². The molecule has 0 saturated carbocycles. The van der Waals surface area contributed by atoms with E-state index in [-0.39, 0.29) is 0 Å². The van der Waals surface area contributed by atoms with E-state index >= 15 is 0 Å². The molecule has 2 aromatic rings. The maximum Gasteiger partial charge on any atom is 0.0977 e. The molecule has 0 fully saturated rings. The summed E-state index contributed by atoms with van der Waals surface area (Å²) < 4.78 is 0. The maximum atomic E-state index is 7.71. The van der Waals surface area contributed by atoms with Gasteiger partial charge in [-0.05, 0) is 37.6 Å². The number of nitrogens with zero attached hydrogens (tertiary/aromatic N) is 2. The summed E-state index contributed by atoms with van der Waals surface area (Å²) in [4.78, 5) is 9.31. The first-order valence-electron chi connectivity index (χ1n) is 5.26. The molecule has 0 bridgehead atoms. The molecule has 0 unspecified atom stereocenters. The van der Waals surface area contributed by atoms with Crippen molar-refractivity contribution < 1.29 is 0 Å². The van der Waals surface area contributed by atoms with Gasteiger partial charge >= 0.3 is 0 Å². The van der Waals surface area contributed by atoms with E-state index in [0.717, 1.165) is 21.7 Å². The van der Waals surface area contributed by atoms with Crippen molar-refractivity contribution in [2.45, 2.75) is 18.7 Å². The molecule has 0 aliphatic rings. The minimum atomic E-state index is 0.420. The summed E-state index contributed by atoms with van der Waals surface area (Å²) in [5, 5.41) is 7.71. The summed E-state index contributed by atoms with van der Waals surface area (Å²) in [6.45, 7) is 3.69. The van der Waals surface area contributed by atoms with Gasteiger partial charge in [-0.3, -0.25) is 4.98 Å². The van der Waals surface area contributed by atoms with E-state index in [4.69, 9.17) is 5.41 Å². The van der Waals surface area contributed by atoms with Gasteiger partial charge in [0, 0.05) is 22.9 Å². The molecule has 0 aromatic carbocycles. The summed E-state index contributed by atoms with van der Waals surface area (Å²) >= 11 is 4.39. The smallest absolute Gasteiger partial charge is 0.0977 e. The van der Waals surface area contributed by atoms with Crippen molar-refractivity contribution in [3.05, 3.63) is 41.9 Å². The average molecular weight is 243 g/mol. The highest BCUT2D eigenvalue weighted by atomic mass is 32.1. The molecule has 2 rings (SSSR count). The normalized spacial score (nSPS) is 10.3. The molecule has 3 nitrogen and oxygen atoms in total. The highest BCUT2D eigenvalue weighted by Crippen LogP contribution is 2.24. The Kier molecular flexibility index (Phi) is 3.24. The Morgan fingerprint density at radius 1 is 1.41 bits per heavy atom. The summed E-state index contributed by atoms with van der Waals surface area (Å²) in [6.07, 6.45) is 3.50. The summed E-state index contributed by atoms with van der Waals surface area (Å²) in [6, 6.07) is 5.79. The molecule has 0 atom stereocenters. The molecule has 0 aliphatic heterocycles. The van der Waals surface area contributed by atoms with Crippen molar-refractivity contribution >= 4 is 18.3 Å². The zero-order valence-corrected chi connectivity index (χ0v) is 10.6. The van der Waals surface area contributed by atoms with Crippen molar-refractivity contribution in [3.63, 3.8) is 0 Å². The summed E-state index contributed by atoms with van der Waals surface area (Å²) in [5.74, 6) is 0. The van der Waals surface area contributed by atoms with Gasteiger partial charge in [-0.15, -0.1) is 12.6 Å². The van der Waals surface area contributed by atoms with E-state index in [1.165, 1.54) is 0 Å². The van der Waals surface area contributed by atoms with E-state index in [0.29, 0.717) is 11.4 Å². The van der Waals surface area contributed by atoms with Crippen LogP contribution < -0.4 is 0 Å². The van der Waals surface area contributed by atoms with Gasteiger partial charge in [0.2, 0.25) is 0 Å². The molecule has 0 amide bonds. The van der Waals surface area contributed by atoms with Crippen LogP contribution in [0.25, 0.3) is 11.3 Å². The van der Waals surface area contributed by atoms with Gasteiger partial charge in [-0.25, -0.2) is 4.98 Å². The average Bonchev–Trinajstić information content (AvgIpc) is 2.33. The first kappa shape index (κ1) is 11.8. The molecule has 0 aliphatic carbocycles. The van der Waals surface area contributed by atoms with Crippen LogP contribution in [0.15, 0.2) is 35.5 Å². The monoisotopic (exact) mass is 243 g/mol. The number of hydrogen-bond acceptors (Lipinski definition) is 4. The number of aromatic nitrogens is 2. The molecule has 2 aromatic heterocycles. The highest BCUT2D eigenvalue weighted by Gasteiger charge is 2.10. The van der Waals surface area contributed by atoms with E-state index in [2.05, 4.69) is 22.6 Å². The standard InChI is InChI=1S/C13H13N3S/c1-8-6-11(10-4-3-5-15-7-10)16-12(9(2)14)13(8)17/h3-7,14,17H,1-2H3.